The third-order valence-electron chi connectivity index (χ3n) is 2.87. The van der Waals surface area contributed by atoms with E-state index in [0.717, 1.165) is 10.8 Å². The highest BCUT2D eigenvalue weighted by atomic mass is 127. The average Bonchev–Trinajstić information content (AvgIpc) is 2.61. The summed E-state index contributed by atoms with van der Waals surface area (Å²) in [6, 6.07) is 0. The van der Waals surface area contributed by atoms with Crippen molar-refractivity contribution in [2.24, 2.45) is 0 Å². The number of aliphatic hydroxyl groups excluding tert-OH is 2. The summed E-state index contributed by atoms with van der Waals surface area (Å²) < 4.78 is 5.94. The highest BCUT2D eigenvalue weighted by Crippen LogP contribution is 2.29. The van der Waals surface area contributed by atoms with Gasteiger partial charge < -0.3 is 20.1 Å². The minimum atomic E-state index is -2.10. The van der Waals surface area contributed by atoms with Crippen molar-refractivity contribution in [3.63, 3.8) is 0 Å². The number of nitrogens with zero attached hydrogens (tertiary/aromatic N) is 1. The minimum Gasteiger partial charge on any atom is -0.393 e. The Morgan fingerprint density at radius 2 is 2.28 bits per heavy atom. The van der Waals surface area contributed by atoms with E-state index in [-0.39, 0.29) is 10.2 Å². The Bertz CT molecular complexity index is 569. The summed E-state index contributed by atoms with van der Waals surface area (Å²) in [6.45, 7) is -0.792. The first-order chi connectivity index (χ1) is 8.41. The topological polar surface area (TPSA) is 125 Å². The molecule has 1 aromatic heterocycles. The van der Waals surface area contributed by atoms with Crippen molar-refractivity contribution in [3.8, 4) is 0 Å². The Kier molecular flexibility index (Phi) is 3.60. The predicted octanol–water partition coefficient (Wildman–Crippen LogP) is -2.46. The molecular formula is C9H11IN2O6. The van der Waals surface area contributed by atoms with E-state index in [1.54, 1.807) is 22.6 Å². The number of aromatic nitrogens is 2. The fourth-order valence-electron chi connectivity index (χ4n) is 1.88. The van der Waals surface area contributed by atoms with Crippen molar-refractivity contribution in [2.45, 2.75) is 17.9 Å². The van der Waals surface area contributed by atoms with E-state index in [9.17, 15) is 19.8 Å². The van der Waals surface area contributed by atoms with Crippen LogP contribution in [0.1, 0.15) is 0 Å². The van der Waals surface area contributed by atoms with Crippen LogP contribution in [0.15, 0.2) is 15.8 Å². The standard InChI is InChI=1S/C9H11IN2O6/c10-4-1-12(8(16)11-7(4)15)9(17)5(14)3-18-6(9)2-13/h1,5-6,13-14,17H,2-3H2,(H,11,15,16)/t5-,6+,9-/m0/s1. The van der Waals surface area contributed by atoms with Gasteiger partial charge in [-0.2, -0.15) is 0 Å². The number of nitrogens with one attached hydrogen (secondary N) is 1. The lowest BCUT2D eigenvalue weighted by molar-refractivity contribution is -0.153. The number of H-pyrrole nitrogens is 1. The molecule has 1 aromatic rings. The van der Waals surface area contributed by atoms with Crippen LogP contribution >= 0.6 is 22.6 Å². The van der Waals surface area contributed by atoms with Crippen LogP contribution in [0.25, 0.3) is 0 Å². The lowest BCUT2D eigenvalue weighted by Gasteiger charge is -2.31. The fourth-order valence-corrected chi connectivity index (χ4v) is 2.30. The van der Waals surface area contributed by atoms with Crippen LogP contribution in [0, 0.1) is 3.57 Å². The van der Waals surface area contributed by atoms with Gasteiger partial charge in [-0.15, -0.1) is 0 Å². The smallest absolute Gasteiger partial charge is 0.330 e. The van der Waals surface area contributed by atoms with E-state index in [4.69, 9.17) is 9.84 Å². The van der Waals surface area contributed by atoms with E-state index in [2.05, 4.69) is 0 Å². The second kappa shape index (κ2) is 4.74. The molecule has 100 valence electrons. The van der Waals surface area contributed by atoms with Crippen LogP contribution in [0.5, 0.6) is 0 Å². The summed E-state index contributed by atoms with van der Waals surface area (Å²) in [5.41, 5.74) is -3.57. The van der Waals surface area contributed by atoms with Crippen LogP contribution in [-0.2, 0) is 10.5 Å². The third kappa shape index (κ3) is 1.91. The number of hydrogen-bond acceptors (Lipinski definition) is 6. The van der Waals surface area contributed by atoms with E-state index in [1.807, 2.05) is 4.98 Å². The van der Waals surface area contributed by atoms with Gasteiger partial charge in [-0.3, -0.25) is 14.3 Å². The first-order valence-corrected chi connectivity index (χ1v) is 6.14. The highest BCUT2D eigenvalue weighted by Gasteiger charge is 2.52. The lowest BCUT2D eigenvalue weighted by atomic mass is 10.0. The molecule has 0 amide bonds. The Hall–Kier alpha value is -0.750. The zero-order valence-corrected chi connectivity index (χ0v) is 11.2. The number of hydrogen-bond donors (Lipinski definition) is 4. The van der Waals surface area contributed by atoms with Crippen LogP contribution in [0.3, 0.4) is 0 Å². The molecule has 2 heterocycles. The second-order valence-corrected chi connectivity index (χ2v) is 5.07. The summed E-state index contributed by atoms with van der Waals surface area (Å²) >= 11 is 1.69. The number of rotatable bonds is 2. The summed E-state index contributed by atoms with van der Waals surface area (Å²) in [6.07, 6.45) is -1.41. The van der Waals surface area contributed by atoms with Gasteiger partial charge >= 0.3 is 5.69 Å². The first kappa shape index (κ1) is 13.7. The van der Waals surface area contributed by atoms with Gasteiger partial charge in [-0.1, -0.05) is 0 Å². The molecular weight excluding hydrogens is 359 g/mol. The molecule has 4 N–H and O–H groups in total. The Labute approximate surface area is 114 Å². The normalized spacial score (nSPS) is 31.8. The molecule has 1 aliphatic rings. The number of aromatic amines is 1. The third-order valence-corrected chi connectivity index (χ3v) is 3.64. The molecule has 0 aromatic carbocycles. The molecule has 0 spiro atoms. The van der Waals surface area contributed by atoms with Crippen LogP contribution < -0.4 is 11.2 Å². The van der Waals surface area contributed by atoms with Crippen molar-refractivity contribution in [2.75, 3.05) is 13.2 Å². The molecule has 1 fully saturated rings. The monoisotopic (exact) mass is 370 g/mol. The highest BCUT2D eigenvalue weighted by molar-refractivity contribution is 14.1. The van der Waals surface area contributed by atoms with Gasteiger partial charge in [-0.05, 0) is 22.6 Å². The molecule has 9 heteroatoms. The maximum absolute atomic E-state index is 11.7. The molecule has 0 unspecified atom stereocenters. The van der Waals surface area contributed by atoms with Crippen molar-refractivity contribution >= 4 is 22.6 Å². The van der Waals surface area contributed by atoms with Gasteiger partial charge in [0.25, 0.3) is 5.56 Å². The van der Waals surface area contributed by atoms with Crippen molar-refractivity contribution < 1.29 is 20.1 Å². The molecule has 1 saturated heterocycles. The first-order valence-electron chi connectivity index (χ1n) is 5.06. The van der Waals surface area contributed by atoms with Gasteiger partial charge in [0.2, 0.25) is 5.72 Å². The van der Waals surface area contributed by atoms with E-state index >= 15 is 0 Å². The van der Waals surface area contributed by atoms with E-state index < -0.39 is 35.8 Å². The van der Waals surface area contributed by atoms with Crippen LogP contribution in [0.4, 0.5) is 0 Å². The molecule has 0 radical (unpaired) electrons. The van der Waals surface area contributed by atoms with E-state index in [0.29, 0.717) is 0 Å². The molecule has 8 nitrogen and oxygen atoms in total. The maximum atomic E-state index is 11.7. The summed E-state index contributed by atoms with van der Waals surface area (Å²) in [5.74, 6) is 0. The van der Waals surface area contributed by atoms with Crippen molar-refractivity contribution in [1.82, 2.24) is 9.55 Å². The van der Waals surface area contributed by atoms with Gasteiger partial charge in [0, 0.05) is 6.20 Å². The molecule has 18 heavy (non-hydrogen) atoms. The molecule has 0 saturated carbocycles. The second-order valence-electron chi connectivity index (χ2n) is 3.91. The maximum Gasteiger partial charge on any atom is 0.330 e. The summed E-state index contributed by atoms with van der Waals surface area (Å²) in [5, 5.41) is 29.2. The van der Waals surface area contributed by atoms with Crippen LogP contribution in [-0.4, -0.2) is 50.3 Å². The molecule has 3 atom stereocenters. The molecule has 0 aliphatic carbocycles. The van der Waals surface area contributed by atoms with Crippen LogP contribution in [0.2, 0.25) is 0 Å². The summed E-state index contributed by atoms with van der Waals surface area (Å²) in [7, 11) is 0. The Balaban J connectivity index is 2.63. The largest absolute Gasteiger partial charge is 0.393 e. The quantitative estimate of drug-likeness (QED) is 0.428. The zero-order valence-electron chi connectivity index (χ0n) is 9.04. The van der Waals surface area contributed by atoms with Gasteiger partial charge in [0.15, 0.2) is 0 Å². The predicted molar refractivity (Wildman–Crippen MR) is 67.1 cm³/mol. The molecule has 1 aliphatic heterocycles. The fraction of sp³-hybridized carbons (Fsp3) is 0.556. The molecule has 2 rings (SSSR count). The molecule has 0 bridgehead atoms. The summed E-state index contributed by atoms with van der Waals surface area (Å²) in [4.78, 5) is 24.9. The van der Waals surface area contributed by atoms with Crippen molar-refractivity contribution in [3.05, 3.63) is 30.6 Å². The lowest BCUT2D eigenvalue weighted by Crippen LogP contribution is -2.56. The van der Waals surface area contributed by atoms with Gasteiger partial charge in [-0.25, -0.2) is 4.79 Å². The zero-order chi connectivity index (χ0) is 13.5. The average molecular weight is 370 g/mol. The number of aliphatic hydroxyl groups is 3. The minimum absolute atomic E-state index is 0.163. The number of halogens is 1. The number of ether oxygens (including phenoxy) is 1. The SMILES string of the molecule is O=c1[nH]c(=O)n([C@]2(O)[C@@H](O)CO[C@@H]2CO)cc1I. The van der Waals surface area contributed by atoms with Gasteiger partial charge in [0.1, 0.15) is 12.2 Å². The van der Waals surface area contributed by atoms with E-state index in [1.165, 1.54) is 0 Å². The Morgan fingerprint density at radius 3 is 2.89 bits per heavy atom. The Morgan fingerprint density at radius 1 is 1.61 bits per heavy atom. The van der Waals surface area contributed by atoms with Gasteiger partial charge in [0.05, 0.1) is 16.8 Å². The van der Waals surface area contributed by atoms with Crippen molar-refractivity contribution in [1.29, 1.82) is 0 Å².